The molecule has 0 bridgehead atoms. The molecular formula is C23H30N6O2S. The van der Waals surface area contributed by atoms with Crippen LogP contribution in [0.3, 0.4) is 0 Å². The largest absolute Gasteiger partial charge is 0.352 e. The molecule has 0 fully saturated rings. The van der Waals surface area contributed by atoms with Gasteiger partial charge >= 0.3 is 0 Å². The van der Waals surface area contributed by atoms with Crippen molar-refractivity contribution in [3.8, 4) is 0 Å². The monoisotopic (exact) mass is 454 g/mol. The number of hydrogen-bond donors (Lipinski definition) is 2. The van der Waals surface area contributed by atoms with Crippen LogP contribution < -0.4 is 10.6 Å². The molecule has 2 amide bonds. The van der Waals surface area contributed by atoms with Gasteiger partial charge in [0.2, 0.25) is 5.01 Å². The summed E-state index contributed by atoms with van der Waals surface area (Å²) >= 11 is 1.30. The first kappa shape index (κ1) is 23.6. The number of carbonyl (C=O) groups is 2. The number of nitrogens with zero attached hydrogens (tertiary/aromatic N) is 4. The maximum atomic E-state index is 12.5. The van der Waals surface area contributed by atoms with E-state index in [9.17, 15) is 9.59 Å². The molecule has 9 heteroatoms. The van der Waals surface area contributed by atoms with E-state index in [-0.39, 0.29) is 11.8 Å². The number of amides is 2. The van der Waals surface area contributed by atoms with Crippen LogP contribution in [0, 0.1) is 19.8 Å². The summed E-state index contributed by atoms with van der Waals surface area (Å²) in [6, 6.07) is 6.81. The van der Waals surface area contributed by atoms with Gasteiger partial charge in [-0.2, -0.15) is 5.10 Å². The normalized spacial score (nSPS) is 11.1. The van der Waals surface area contributed by atoms with Crippen molar-refractivity contribution >= 4 is 28.8 Å². The summed E-state index contributed by atoms with van der Waals surface area (Å²) in [5, 5.41) is 19.5. The van der Waals surface area contributed by atoms with Crippen molar-refractivity contribution in [3.05, 3.63) is 56.8 Å². The van der Waals surface area contributed by atoms with E-state index < -0.39 is 0 Å². The number of aromatic nitrogens is 4. The minimum Gasteiger partial charge on any atom is -0.352 e. The fourth-order valence-electron chi connectivity index (χ4n) is 3.47. The number of rotatable bonds is 9. The second-order valence-electron chi connectivity index (χ2n) is 8.10. The summed E-state index contributed by atoms with van der Waals surface area (Å²) in [5.74, 6) is 0.0104. The lowest BCUT2D eigenvalue weighted by Crippen LogP contribution is -2.26. The van der Waals surface area contributed by atoms with Crippen LogP contribution in [0.25, 0.3) is 0 Å². The summed E-state index contributed by atoms with van der Waals surface area (Å²) in [7, 11) is 0. The molecular weight excluding hydrogens is 424 g/mol. The van der Waals surface area contributed by atoms with E-state index >= 15 is 0 Å². The van der Waals surface area contributed by atoms with E-state index in [2.05, 4.69) is 53.6 Å². The molecule has 0 radical (unpaired) electrons. The molecule has 8 nitrogen and oxygen atoms in total. The molecule has 0 aliphatic rings. The SMILES string of the molecule is CCn1nc(C)c(CCNC(=O)c2ccc(NC(=O)c3nnc(CC(C)C)s3)cc2)c1C. The van der Waals surface area contributed by atoms with E-state index in [1.54, 1.807) is 24.3 Å². The van der Waals surface area contributed by atoms with Crippen molar-refractivity contribution in [1.29, 1.82) is 0 Å². The standard InChI is InChI=1S/C23H30N6O2S/c1-6-29-16(5)19(15(4)28-29)11-12-24-21(30)17-7-9-18(10-8-17)25-22(31)23-27-26-20(32-23)13-14(2)3/h7-10,14H,6,11-13H2,1-5H3,(H,24,30)(H,25,31). The van der Waals surface area contributed by atoms with Gasteiger partial charge in [-0.15, -0.1) is 10.2 Å². The first-order valence-electron chi connectivity index (χ1n) is 10.8. The highest BCUT2D eigenvalue weighted by molar-refractivity contribution is 7.13. The molecule has 0 atom stereocenters. The van der Waals surface area contributed by atoms with Gasteiger partial charge in [-0.3, -0.25) is 14.3 Å². The third-order valence-corrected chi connectivity index (χ3v) is 6.08. The zero-order valence-corrected chi connectivity index (χ0v) is 20.0. The van der Waals surface area contributed by atoms with E-state index in [4.69, 9.17) is 0 Å². The third-order valence-electron chi connectivity index (χ3n) is 5.14. The summed E-state index contributed by atoms with van der Waals surface area (Å²) in [6.07, 6.45) is 1.53. The average Bonchev–Trinajstić information content (AvgIpc) is 3.33. The first-order valence-corrected chi connectivity index (χ1v) is 11.6. The molecule has 32 heavy (non-hydrogen) atoms. The van der Waals surface area contributed by atoms with Gasteiger partial charge in [-0.1, -0.05) is 25.2 Å². The Hall–Kier alpha value is -3.07. The van der Waals surface area contributed by atoms with Crippen molar-refractivity contribution in [1.82, 2.24) is 25.3 Å². The molecule has 1 aromatic carbocycles. The molecule has 0 spiro atoms. The van der Waals surface area contributed by atoms with Crippen molar-refractivity contribution in [2.24, 2.45) is 5.92 Å². The Morgan fingerprint density at radius 3 is 2.44 bits per heavy atom. The Bertz CT molecular complexity index is 1080. The topological polar surface area (TPSA) is 102 Å². The van der Waals surface area contributed by atoms with E-state index in [1.807, 2.05) is 11.6 Å². The van der Waals surface area contributed by atoms with Gasteiger partial charge in [0.25, 0.3) is 11.8 Å². The second-order valence-corrected chi connectivity index (χ2v) is 9.16. The van der Waals surface area contributed by atoms with Gasteiger partial charge in [0.05, 0.1) is 5.69 Å². The minimum atomic E-state index is -0.298. The van der Waals surface area contributed by atoms with Crippen molar-refractivity contribution in [3.63, 3.8) is 0 Å². The molecule has 0 aliphatic carbocycles. The Morgan fingerprint density at radius 2 is 1.81 bits per heavy atom. The van der Waals surface area contributed by atoms with Crippen molar-refractivity contribution < 1.29 is 9.59 Å². The Kier molecular flexibility index (Phi) is 7.74. The fraction of sp³-hybridized carbons (Fsp3) is 0.435. The zero-order chi connectivity index (χ0) is 23.3. The van der Waals surface area contributed by atoms with Gasteiger partial charge in [0, 0.05) is 36.5 Å². The first-order chi connectivity index (χ1) is 15.3. The molecule has 3 rings (SSSR count). The smallest absolute Gasteiger partial charge is 0.286 e. The number of nitrogens with one attached hydrogen (secondary N) is 2. The molecule has 3 aromatic rings. The summed E-state index contributed by atoms with van der Waals surface area (Å²) in [6.45, 7) is 11.7. The van der Waals surface area contributed by atoms with Crippen LogP contribution in [0.15, 0.2) is 24.3 Å². The highest BCUT2D eigenvalue weighted by Crippen LogP contribution is 2.17. The van der Waals surface area contributed by atoms with Gasteiger partial charge in [-0.05, 0) is 62.9 Å². The van der Waals surface area contributed by atoms with E-state index in [0.29, 0.717) is 28.7 Å². The number of benzene rings is 1. The lowest BCUT2D eigenvalue weighted by molar-refractivity contribution is 0.0953. The molecule has 2 heterocycles. The molecule has 0 saturated carbocycles. The van der Waals surface area contributed by atoms with Crippen molar-refractivity contribution in [2.75, 3.05) is 11.9 Å². The Balaban J connectivity index is 1.52. The predicted octanol–water partition coefficient (Wildman–Crippen LogP) is 3.79. The summed E-state index contributed by atoms with van der Waals surface area (Å²) in [4.78, 5) is 24.9. The number of aryl methyl sites for hydroxylation is 2. The Morgan fingerprint density at radius 1 is 1.09 bits per heavy atom. The molecule has 2 aromatic heterocycles. The zero-order valence-electron chi connectivity index (χ0n) is 19.2. The molecule has 0 saturated heterocycles. The highest BCUT2D eigenvalue weighted by atomic mass is 32.1. The highest BCUT2D eigenvalue weighted by Gasteiger charge is 2.15. The maximum Gasteiger partial charge on any atom is 0.286 e. The maximum absolute atomic E-state index is 12.5. The summed E-state index contributed by atoms with van der Waals surface area (Å²) in [5.41, 5.74) is 4.47. The van der Waals surface area contributed by atoms with Crippen LogP contribution in [0.2, 0.25) is 0 Å². The quantitative estimate of drug-likeness (QED) is 0.512. The van der Waals surface area contributed by atoms with Crippen LogP contribution in [0.4, 0.5) is 5.69 Å². The Labute approximate surface area is 192 Å². The van der Waals surface area contributed by atoms with Gasteiger partial charge < -0.3 is 10.6 Å². The second kappa shape index (κ2) is 10.5. The van der Waals surface area contributed by atoms with E-state index in [0.717, 1.165) is 35.8 Å². The number of hydrogen-bond acceptors (Lipinski definition) is 6. The average molecular weight is 455 g/mol. The van der Waals surface area contributed by atoms with Crippen LogP contribution >= 0.6 is 11.3 Å². The fourth-order valence-corrected chi connectivity index (χ4v) is 4.42. The van der Waals surface area contributed by atoms with Gasteiger partial charge in [-0.25, -0.2) is 0 Å². The molecule has 0 aliphatic heterocycles. The van der Waals surface area contributed by atoms with Gasteiger partial charge in [0.1, 0.15) is 5.01 Å². The van der Waals surface area contributed by atoms with Crippen LogP contribution in [-0.4, -0.2) is 38.3 Å². The van der Waals surface area contributed by atoms with Crippen LogP contribution in [-0.2, 0) is 19.4 Å². The molecule has 0 unspecified atom stereocenters. The molecule has 2 N–H and O–H groups in total. The van der Waals surface area contributed by atoms with Gasteiger partial charge in [0.15, 0.2) is 0 Å². The lowest BCUT2D eigenvalue weighted by Gasteiger charge is -2.08. The number of carbonyl (C=O) groups excluding carboxylic acids is 2. The van der Waals surface area contributed by atoms with Crippen LogP contribution in [0.1, 0.15) is 62.9 Å². The third kappa shape index (κ3) is 5.79. The van der Waals surface area contributed by atoms with Crippen molar-refractivity contribution in [2.45, 2.75) is 54.0 Å². The molecule has 170 valence electrons. The van der Waals surface area contributed by atoms with E-state index in [1.165, 1.54) is 16.9 Å². The summed E-state index contributed by atoms with van der Waals surface area (Å²) < 4.78 is 1.98. The predicted molar refractivity (Wildman–Crippen MR) is 126 cm³/mol. The minimum absolute atomic E-state index is 0.150. The van der Waals surface area contributed by atoms with Crippen LogP contribution in [0.5, 0.6) is 0 Å². The lowest BCUT2D eigenvalue weighted by atomic mass is 10.1. The number of anilines is 1.